The van der Waals surface area contributed by atoms with Crippen molar-refractivity contribution < 1.29 is 14.7 Å². The van der Waals surface area contributed by atoms with E-state index in [1.807, 2.05) is 19.1 Å². The van der Waals surface area contributed by atoms with Gasteiger partial charge in [0.05, 0.1) is 10.9 Å². The summed E-state index contributed by atoms with van der Waals surface area (Å²) in [5, 5.41) is 9.44. The highest BCUT2D eigenvalue weighted by atomic mass is 127. The molecule has 1 aliphatic carbocycles. The second-order valence-corrected chi connectivity index (χ2v) is 7.79. The summed E-state index contributed by atoms with van der Waals surface area (Å²) in [5.74, 6) is -0.0882. The average Bonchev–Trinajstić information content (AvgIpc) is 3.19. The van der Waals surface area contributed by atoms with Crippen LogP contribution in [0.4, 0.5) is 0 Å². The number of carboxylic acids is 1. The SMILES string of the molecule is Cc1cccc(C(=O)N2C(C(=O)O)CSC2C2CC2)c1I. The Labute approximate surface area is 141 Å². The molecule has 1 saturated heterocycles. The van der Waals surface area contributed by atoms with Gasteiger partial charge in [-0.1, -0.05) is 12.1 Å². The highest BCUT2D eigenvalue weighted by Crippen LogP contribution is 2.46. The number of benzene rings is 1. The number of aryl methyl sites for hydroxylation is 1. The van der Waals surface area contributed by atoms with Crippen LogP contribution in [0.3, 0.4) is 0 Å². The lowest BCUT2D eigenvalue weighted by Crippen LogP contribution is -2.46. The molecular formula is C15H16INO3S. The number of carboxylic acid groups (broad SMARTS) is 1. The second-order valence-electron chi connectivity index (χ2n) is 5.56. The zero-order valence-electron chi connectivity index (χ0n) is 11.6. The van der Waals surface area contributed by atoms with E-state index in [2.05, 4.69) is 22.6 Å². The van der Waals surface area contributed by atoms with Crippen LogP contribution in [-0.2, 0) is 4.79 Å². The fourth-order valence-corrected chi connectivity index (χ4v) is 4.89. The molecule has 0 radical (unpaired) electrons. The maximum atomic E-state index is 12.9. The molecule has 1 saturated carbocycles. The third-order valence-electron chi connectivity index (χ3n) is 4.00. The van der Waals surface area contributed by atoms with Crippen LogP contribution in [0.15, 0.2) is 18.2 Å². The van der Waals surface area contributed by atoms with Gasteiger partial charge < -0.3 is 10.0 Å². The minimum Gasteiger partial charge on any atom is -0.480 e. The van der Waals surface area contributed by atoms with Crippen LogP contribution in [0.5, 0.6) is 0 Å². The van der Waals surface area contributed by atoms with Crippen molar-refractivity contribution in [2.75, 3.05) is 5.75 Å². The predicted molar refractivity (Wildman–Crippen MR) is 90.5 cm³/mol. The van der Waals surface area contributed by atoms with E-state index in [1.165, 1.54) is 0 Å². The molecule has 2 atom stereocenters. The Bertz CT molecular complexity index is 603. The standard InChI is InChI=1S/C15H16INO3S/c1-8-3-2-4-10(12(8)16)13(18)17-11(15(19)20)7-21-14(17)9-5-6-9/h2-4,9,11,14H,5-7H2,1H3,(H,19,20). The molecule has 2 fully saturated rings. The first kappa shape index (κ1) is 15.1. The fraction of sp³-hybridized carbons (Fsp3) is 0.467. The molecule has 1 aromatic carbocycles. The van der Waals surface area contributed by atoms with Gasteiger partial charge in [-0.2, -0.15) is 0 Å². The van der Waals surface area contributed by atoms with Gasteiger partial charge in [0.25, 0.3) is 5.91 Å². The van der Waals surface area contributed by atoms with Gasteiger partial charge in [-0.25, -0.2) is 4.79 Å². The van der Waals surface area contributed by atoms with Crippen LogP contribution in [0, 0.1) is 16.4 Å². The van der Waals surface area contributed by atoms with E-state index in [4.69, 9.17) is 0 Å². The van der Waals surface area contributed by atoms with Gasteiger partial charge in [-0.05, 0) is 59.9 Å². The van der Waals surface area contributed by atoms with E-state index in [0.717, 1.165) is 22.0 Å². The quantitative estimate of drug-likeness (QED) is 0.769. The van der Waals surface area contributed by atoms with Crippen molar-refractivity contribution in [2.45, 2.75) is 31.2 Å². The third kappa shape index (κ3) is 2.79. The first-order valence-corrected chi connectivity index (χ1v) is 9.05. The average molecular weight is 417 g/mol. The van der Waals surface area contributed by atoms with Crippen molar-refractivity contribution in [3.05, 3.63) is 32.9 Å². The summed E-state index contributed by atoms with van der Waals surface area (Å²) in [4.78, 5) is 26.0. The van der Waals surface area contributed by atoms with Crippen LogP contribution in [0.25, 0.3) is 0 Å². The van der Waals surface area contributed by atoms with E-state index in [9.17, 15) is 14.7 Å². The molecule has 6 heteroatoms. The van der Waals surface area contributed by atoms with Gasteiger partial charge in [0.2, 0.25) is 0 Å². The first-order valence-electron chi connectivity index (χ1n) is 6.93. The number of halogens is 1. The molecule has 1 heterocycles. The Hall–Kier alpha value is -0.760. The van der Waals surface area contributed by atoms with E-state index >= 15 is 0 Å². The molecule has 21 heavy (non-hydrogen) atoms. The van der Waals surface area contributed by atoms with Crippen LogP contribution >= 0.6 is 34.4 Å². The van der Waals surface area contributed by atoms with Crippen molar-refractivity contribution in [1.29, 1.82) is 0 Å². The summed E-state index contributed by atoms with van der Waals surface area (Å²) in [6.45, 7) is 1.96. The minimum atomic E-state index is -0.901. The van der Waals surface area contributed by atoms with Crippen LogP contribution in [-0.4, -0.2) is 39.1 Å². The van der Waals surface area contributed by atoms with Crippen molar-refractivity contribution in [3.63, 3.8) is 0 Å². The smallest absolute Gasteiger partial charge is 0.327 e. The summed E-state index contributed by atoms with van der Waals surface area (Å²) in [6, 6.07) is 4.91. The number of carbonyl (C=O) groups excluding carboxylic acids is 1. The molecular weight excluding hydrogens is 401 g/mol. The number of hydrogen-bond donors (Lipinski definition) is 1. The summed E-state index contributed by atoms with van der Waals surface area (Å²) in [6.07, 6.45) is 2.19. The molecule has 1 amide bonds. The zero-order valence-corrected chi connectivity index (χ0v) is 14.6. The van der Waals surface area contributed by atoms with E-state index in [1.54, 1.807) is 22.7 Å². The zero-order chi connectivity index (χ0) is 15.1. The molecule has 2 unspecified atom stereocenters. The molecule has 1 N–H and O–H groups in total. The number of aliphatic carboxylic acids is 1. The monoisotopic (exact) mass is 417 g/mol. The molecule has 1 aromatic rings. The maximum absolute atomic E-state index is 12.9. The Morgan fingerprint density at radius 1 is 1.38 bits per heavy atom. The van der Waals surface area contributed by atoms with Gasteiger partial charge in [-0.15, -0.1) is 11.8 Å². The predicted octanol–water partition coefficient (Wildman–Crippen LogP) is 2.98. The summed E-state index contributed by atoms with van der Waals surface area (Å²) >= 11 is 3.78. The van der Waals surface area contributed by atoms with Crippen LogP contribution < -0.4 is 0 Å². The highest BCUT2D eigenvalue weighted by molar-refractivity contribution is 14.1. The van der Waals surface area contributed by atoms with Crippen LogP contribution in [0.1, 0.15) is 28.8 Å². The molecule has 0 aromatic heterocycles. The van der Waals surface area contributed by atoms with Crippen molar-refractivity contribution in [3.8, 4) is 0 Å². The third-order valence-corrected chi connectivity index (χ3v) is 6.90. The largest absolute Gasteiger partial charge is 0.480 e. The maximum Gasteiger partial charge on any atom is 0.327 e. The molecule has 1 aliphatic heterocycles. The molecule has 0 spiro atoms. The Balaban J connectivity index is 1.96. The fourth-order valence-electron chi connectivity index (χ4n) is 2.67. The lowest BCUT2D eigenvalue weighted by molar-refractivity contribution is -0.141. The summed E-state index contributed by atoms with van der Waals surface area (Å²) in [5.41, 5.74) is 1.66. The molecule has 3 rings (SSSR count). The normalized spacial score (nSPS) is 25.1. The van der Waals surface area contributed by atoms with Crippen molar-refractivity contribution in [2.24, 2.45) is 5.92 Å². The Morgan fingerprint density at radius 2 is 2.10 bits per heavy atom. The lowest BCUT2D eigenvalue weighted by Gasteiger charge is -2.28. The van der Waals surface area contributed by atoms with Gasteiger partial charge in [0, 0.05) is 9.32 Å². The van der Waals surface area contributed by atoms with E-state index in [-0.39, 0.29) is 11.3 Å². The number of nitrogens with zero attached hydrogens (tertiary/aromatic N) is 1. The summed E-state index contributed by atoms with van der Waals surface area (Å²) < 4.78 is 0.913. The Kier molecular flexibility index (Phi) is 4.18. The minimum absolute atomic E-state index is 0.0231. The number of rotatable bonds is 3. The van der Waals surface area contributed by atoms with Gasteiger partial charge in [0.15, 0.2) is 0 Å². The van der Waals surface area contributed by atoms with Gasteiger partial charge in [-0.3, -0.25) is 4.79 Å². The van der Waals surface area contributed by atoms with E-state index in [0.29, 0.717) is 17.2 Å². The number of hydrogen-bond acceptors (Lipinski definition) is 3. The second kappa shape index (κ2) is 5.79. The molecule has 4 nitrogen and oxygen atoms in total. The van der Waals surface area contributed by atoms with Gasteiger partial charge in [0.1, 0.15) is 6.04 Å². The number of amides is 1. The number of thioether (sulfide) groups is 1. The first-order chi connectivity index (χ1) is 10.0. The van der Waals surface area contributed by atoms with Crippen molar-refractivity contribution >= 4 is 46.2 Å². The topological polar surface area (TPSA) is 57.6 Å². The lowest BCUT2D eigenvalue weighted by atomic mass is 10.1. The van der Waals surface area contributed by atoms with Crippen LogP contribution in [0.2, 0.25) is 0 Å². The summed E-state index contributed by atoms with van der Waals surface area (Å²) in [7, 11) is 0. The van der Waals surface area contributed by atoms with Gasteiger partial charge >= 0.3 is 5.97 Å². The highest BCUT2D eigenvalue weighted by Gasteiger charge is 2.48. The Morgan fingerprint density at radius 3 is 2.71 bits per heavy atom. The molecule has 112 valence electrons. The number of carbonyl (C=O) groups is 2. The molecule has 2 aliphatic rings. The molecule has 0 bridgehead atoms. The van der Waals surface area contributed by atoms with Crippen molar-refractivity contribution in [1.82, 2.24) is 4.90 Å². The van der Waals surface area contributed by atoms with E-state index < -0.39 is 12.0 Å².